The minimum Gasteiger partial charge on any atom is -0.394 e. The molecule has 0 aliphatic heterocycles. The van der Waals surface area contributed by atoms with E-state index < -0.39 is 26.2 Å². The van der Waals surface area contributed by atoms with Gasteiger partial charge in [0.05, 0.1) is 18.8 Å². The van der Waals surface area contributed by atoms with Gasteiger partial charge in [-0.1, -0.05) is 54.4 Å². The molecule has 8 atom stereocenters. The van der Waals surface area contributed by atoms with Gasteiger partial charge in [0.1, 0.15) is 6.10 Å². The molecule has 2 saturated carbocycles. The fraction of sp³-hybridized carbons (Fsp3) is 1.00. The van der Waals surface area contributed by atoms with Gasteiger partial charge in [-0.25, -0.2) is 0 Å². The molecule has 2 aliphatic rings. The Morgan fingerprint density at radius 1 is 0.833 bits per heavy atom. The van der Waals surface area contributed by atoms with E-state index >= 15 is 0 Å². The van der Waals surface area contributed by atoms with Crippen molar-refractivity contribution in [3.8, 4) is 0 Å². The second-order valence-electron chi connectivity index (χ2n) is 10.6. The van der Waals surface area contributed by atoms with Crippen molar-refractivity contribution in [2.75, 3.05) is 6.61 Å². The van der Waals surface area contributed by atoms with E-state index in [1.54, 1.807) is 0 Å². The quantitative estimate of drug-likeness (QED) is 0.438. The molecule has 0 spiro atoms. The summed E-state index contributed by atoms with van der Waals surface area (Å²) in [5, 5.41) is 30.3. The van der Waals surface area contributed by atoms with Gasteiger partial charge in [0, 0.05) is 0 Å². The van der Waals surface area contributed by atoms with Crippen molar-refractivity contribution in [3.63, 3.8) is 0 Å². The van der Waals surface area contributed by atoms with Gasteiger partial charge in [-0.15, -0.1) is 0 Å². The van der Waals surface area contributed by atoms with Crippen LogP contribution in [0, 0.1) is 35.5 Å². The van der Waals surface area contributed by atoms with Crippen LogP contribution >= 0.6 is 7.60 Å². The van der Waals surface area contributed by atoms with E-state index in [2.05, 4.69) is 41.5 Å². The SMILES string of the molecule is CC(C)[C@@H]1CC[C@@H](C)C[C@H]1OP(=O)(O[C@@H]1C[C@H](C)CC[C@H]1C(C)C)[C@@H](O)[C@H](O)CO. The minimum absolute atomic E-state index is 0.225. The molecule has 7 heteroatoms. The first-order chi connectivity index (χ1) is 14.0. The van der Waals surface area contributed by atoms with Gasteiger partial charge >= 0.3 is 7.60 Å². The smallest absolute Gasteiger partial charge is 0.362 e. The molecule has 3 N–H and O–H groups in total. The zero-order valence-corrected chi connectivity index (χ0v) is 20.6. The van der Waals surface area contributed by atoms with Crippen LogP contribution in [-0.2, 0) is 13.6 Å². The first-order valence-corrected chi connectivity index (χ1v) is 13.5. The second kappa shape index (κ2) is 11.2. The normalized spacial score (nSPS) is 35.6. The molecule has 0 radical (unpaired) electrons. The third-order valence-corrected chi connectivity index (χ3v) is 9.46. The summed E-state index contributed by atoms with van der Waals surface area (Å²) in [7, 11) is -4.08. The van der Waals surface area contributed by atoms with E-state index in [0.29, 0.717) is 23.7 Å². The van der Waals surface area contributed by atoms with Gasteiger partial charge in [0.25, 0.3) is 0 Å². The van der Waals surface area contributed by atoms with Crippen molar-refractivity contribution >= 4 is 7.60 Å². The Hall–Kier alpha value is 0.0300. The Bertz CT molecular complexity index is 530. The fourth-order valence-corrected chi connectivity index (χ4v) is 7.36. The molecule has 0 saturated heterocycles. The lowest BCUT2D eigenvalue weighted by atomic mass is 9.75. The van der Waals surface area contributed by atoms with E-state index in [1.807, 2.05) is 0 Å². The van der Waals surface area contributed by atoms with Crippen molar-refractivity contribution in [3.05, 3.63) is 0 Å². The zero-order valence-electron chi connectivity index (χ0n) is 19.7. The molecule has 2 fully saturated rings. The Morgan fingerprint density at radius 3 is 1.57 bits per heavy atom. The fourth-order valence-electron chi connectivity index (χ4n) is 5.30. The number of hydrogen-bond acceptors (Lipinski definition) is 6. The van der Waals surface area contributed by atoms with E-state index in [-0.39, 0.29) is 24.0 Å². The molecule has 6 nitrogen and oxygen atoms in total. The number of aliphatic hydroxyl groups excluding tert-OH is 3. The standard InChI is InChI=1S/C23H45O6P/c1-14(2)18-9-7-16(5)11-21(18)28-30(27,23(26)20(25)13-24)29-22-12-17(6)8-10-19(22)15(3)4/h14-26H,7-13H2,1-6H3/t16-,17-,18+,19+,20-,21-,22-,23-/m1/s1. The van der Waals surface area contributed by atoms with E-state index in [0.717, 1.165) is 38.5 Å². The molecule has 30 heavy (non-hydrogen) atoms. The van der Waals surface area contributed by atoms with Crippen molar-refractivity contribution in [1.29, 1.82) is 0 Å². The summed E-state index contributed by atoms with van der Waals surface area (Å²) >= 11 is 0. The maximum Gasteiger partial charge on any atom is 0.362 e. The van der Waals surface area contributed by atoms with Crippen LogP contribution < -0.4 is 0 Å². The van der Waals surface area contributed by atoms with Crippen molar-refractivity contribution in [2.24, 2.45) is 35.5 Å². The largest absolute Gasteiger partial charge is 0.394 e. The molecule has 0 aromatic rings. The highest BCUT2D eigenvalue weighted by Gasteiger charge is 2.48. The lowest BCUT2D eigenvalue weighted by molar-refractivity contribution is -0.0382. The zero-order chi connectivity index (χ0) is 22.6. The highest BCUT2D eigenvalue weighted by atomic mass is 31.2. The predicted octanol–water partition coefficient (Wildman–Crippen LogP) is 4.81. The summed E-state index contributed by atoms with van der Waals surface area (Å²) in [6.07, 6.45) is 3.54. The lowest BCUT2D eigenvalue weighted by Crippen LogP contribution is -2.40. The molecule has 0 heterocycles. The monoisotopic (exact) mass is 448 g/mol. The molecular formula is C23H45O6P. The molecule has 178 valence electrons. The average molecular weight is 449 g/mol. The molecule has 0 aromatic carbocycles. The molecule has 2 aliphatic carbocycles. The van der Waals surface area contributed by atoms with Crippen LogP contribution in [0.3, 0.4) is 0 Å². The third-order valence-electron chi connectivity index (χ3n) is 7.34. The Kier molecular flexibility index (Phi) is 9.85. The number of hydrogen-bond donors (Lipinski definition) is 3. The van der Waals surface area contributed by atoms with Crippen LogP contribution in [0.2, 0.25) is 0 Å². The highest BCUT2D eigenvalue weighted by molar-refractivity contribution is 7.54. The summed E-state index contributed by atoms with van der Waals surface area (Å²) < 4.78 is 26.4. The summed E-state index contributed by atoms with van der Waals surface area (Å²) in [5.41, 5.74) is 0. The van der Waals surface area contributed by atoms with Gasteiger partial charge in [0.15, 0.2) is 5.85 Å². The maximum atomic E-state index is 14.0. The van der Waals surface area contributed by atoms with Crippen molar-refractivity contribution in [2.45, 2.75) is 104 Å². The molecule has 0 bridgehead atoms. The van der Waals surface area contributed by atoms with Crippen LogP contribution in [-0.4, -0.2) is 46.1 Å². The summed E-state index contributed by atoms with van der Waals surface area (Å²) in [5.74, 6) is 0.291. The van der Waals surface area contributed by atoms with Gasteiger partial charge in [-0.3, -0.25) is 4.57 Å². The van der Waals surface area contributed by atoms with Gasteiger partial charge in [0.2, 0.25) is 0 Å². The maximum absolute atomic E-state index is 14.0. The summed E-state index contributed by atoms with van der Waals surface area (Å²) in [4.78, 5) is 0. The van der Waals surface area contributed by atoms with E-state index in [9.17, 15) is 19.9 Å². The molecule has 2 rings (SSSR count). The number of aliphatic hydroxyl groups is 3. The first kappa shape index (κ1) is 26.3. The van der Waals surface area contributed by atoms with Crippen molar-refractivity contribution < 1.29 is 28.9 Å². The summed E-state index contributed by atoms with van der Waals surface area (Å²) in [6.45, 7) is 12.2. The Morgan fingerprint density at radius 2 is 1.23 bits per heavy atom. The first-order valence-electron chi connectivity index (χ1n) is 11.9. The van der Waals surface area contributed by atoms with Crippen LogP contribution in [0.5, 0.6) is 0 Å². The molecule has 0 aromatic heterocycles. The second-order valence-corrected chi connectivity index (χ2v) is 12.7. The van der Waals surface area contributed by atoms with Gasteiger partial charge < -0.3 is 24.4 Å². The van der Waals surface area contributed by atoms with Crippen molar-refractivity contribution in [1.82, 2.24) is 0 Å². The van der Waals surface area contributed by atoms with Crippen LogP contribution in [0.4, 0.5) is 0 Å². The van der Waals surface area contributed by atoms with E-state index in [1.165, 1.54) is 0 Å². The molecular weight excluding hydrogens is 403 g/mol. The third kappa shape index (κ3) is 6.52. The average Bonchev–Trinajstić information content (AvgIpc) is 2.66. The van der Waals surface area contributed by atoms with Gasteiger partial charge in [-0.05, 0) is 61.2 Å². The van der Waals surface area contributed by atoms with Crippen LogP contribution in [0.25, 0.3) is 0 Å². The predicted molar refractivity (Wildman–Crippen MR) is 119 cm³/mol. The van der Waals surface area contributed by atoms with E-state index in [4.69, 9.17) is 9.05 Å². The highest BCUT2D eigenvalue weighted by Crippen LogP contribution is 2.59. The minimum atomic E-state index is -4.08. The number of rotatable bonds is 9. The Balaban J connectivity index is 2.31. The van der Waals surface area contributed by atoms with Gasteiger partial charge in [-0.2, -0.15) is 0 Å². The van der Waals surface area contributed by atoms with Crippen LogP contribution in [0.1, 0.15) is 80.1 Å². The lowest BCUT2D eigenvalue weighted by Gasteiger charge is -2.43. The Labute approximate surface area is 183 Å². The topological polar surface area (TPSA) is 96.2 Å². The summed E-state index contributed by atoms with van der Waals surface area (Å²) in [6, 6.07) is 0. The van der Waals surface area contributed by atoms with Crippen LogP contribution in [0.15, 0.2) is 0 Å². The molecule has 0 unspecified atom stereocenters. The molecule has 0 amide bonds.